The maximum Gasteiger partial charge on any atom is 0.0682 e. The molecule has 14 heavy (non-hydrogen) atoms. The fourth-order valence-electron chi connectivity index (χ4n) is 2.08. The van der Waals surface area contributed by atoms with Crippen LogP contribution in [0.15, 0.2) is 0 Å². The van der Waals surface area contributed by atoms with E-state index >= 15 is 0 Å². The molecule has 1 saturated heterocycles. The zero-order valence-corrected chi connectivity index (χ0v) is 10.5. The second-order valence-corrected chi connectivity index (χ2v) is 5.51. The van der Waals surface area contributed by atoms with Gasteiger partial charge in [0.15, 0.2) is 0 Å². The average molecular weight is 199 g/mol. The highest BCUT2D eigenvalue weighted by Crippen LogP contribution is 2.32. The molecule has 0 radical (unpaired) electrons. The molecule has 0 aliphatic carbocycles. The van der Waals surface area contributed by atoms with Gasteiger partial charge in [0.05, 0.1) is 11.7 Å². The Bertz CT molecular complexity index is 181. The van der Waals surface area contributed by atoms with Crippen molar-refractivity contribution in [1.82, 2.24) is 4.90 Å². The molecule has 1 aliphatic heterocycles. The number of hydrogen-bond donors (Lipinski definition) is 0. The van der Waals surface area contributed by atoms with E-state index in [0.717, 1.165) is 0 Å². The van der Waals surface area contributed by atoms with E-state index in [-0.39, 0.29) is 5.60 Å². The molecular weight excluding hydrogens is 174 g/mol. The van der Waals surface area contributed by atoms with Crippen LogP contribution in [0.1, 0.15) is 41.5 Å². The Morgan fingerprint density at radius 3 is 2.00 bits per heavy atom. The predicted octanol–water partition coefficient (Wildman–Crippen LogP) is 2.53. The van der Waals surface area contributed by atoms with Crippen molar-refractivity contribution in [3.8, 4) is 0 Å². The summed E-state index contributed by atoms with van der Waals surface area (Å²) in [4.78, 5) is 2.50. The summed E-state index contributed by atoms with van der Waals surface area (Å²) in [5.74, 6) is 0.701. The first-order chi connectivity index (χ1) is 6.33. The lowest BCUT2D eigenvalue weighted by molar-refractivity contribution is -0.136. The molecule has 1 heterocycles. The fraction of sp³-hybridized carbons (Fsp3) is 1.00. The number of nitrogens with zero attached hydrogens (tertiary/aromatic N) is 1. The highest BCUT2D eigenvalue weighted by atomic mass is 16.5. The zero-order valence-electron chi connectivity index (χ0n) is 10.5. The summed E-state index contributed by atoms with van der Waals surface area (Å²) < 4.78 is 5.94. The van der Waals surface area contributed by atoms with Crippen LogP contribution in [-0.4, -0.2) is 35.7 Å². The molecule has 0 saturated carbocycles. The Kier molecular flexibility index (Phi) is 3.59. The average Bonchev–Trinajstić information content (AvgIpc) is 1.75. The summed E-state index contributed by atoms with van der Waals surface area (Å²) in [7, 11) is 0. The lowest BCUT2D eigenvalue weighted by atomic mass is 9.83. The third-order valence-electron chi connectivity index (χ3n) is 3.16. The summed E-state index contributed by atoms with van der Waals surface area (Å²) in [5.41, 5.74) is 0.0412. The van der Waals surface area contributed by atoms with Crippen LogP contribution in [0.5, 0.6) is 0 Å². The normalized spacial score (nSPS) is 20.6. The molecule has 2 nitrogen and oxygen atoms in total. The second kappa shape index (κ2) is 4.19. The standard InChI is InChI=1S/C12H25NO/c1-9(2)13-7-11(8-13)12(5,6)14-10(3)4/h9-11H,7-8H2,1-6H3. The summed E-state index contributed by atoms with van der Waals surface area (Å²) in [6.07, 6.45) is 0.332. The van der Waals surface area contributed by atoms with Crippen LogP contribution >= 0.6 is 0 Å². The molecule has 0 N–H and O–H groups in total. The molecule has 0 amide bonds. The maximum atomic E-state index is 5.94. The summed E-state index contributed by atoms with van der Waals surface area (Å²) >= 11 is 0. The summed E-state index contributed by atoms with van der Waals surface area (Å²) in [6.45, 7) is 15.6. The molecule has 0 bridgehead atoms. The Hall–Kier alpha value is -0.0800. The van der Waals surface area contributed by atoms with E-state index in [9.17, 15) is 0 Å². The van der Waals surface area contributed by atoms with Gasteiger partial charge in [-0.15, -0.1) is 0 Å². The monoisotopic (exact) mass is 199 g/mol. The van der Waals surface area contributed by atoms with Crippen LogP contribution in [0, 0.1) is 5.92 Å². The molecule has 0 aromatic rings. The van der Waals surface area contributed by atoms with E-state index in [1.54, 1.807) is 0 Å². The Morgan fingerprint density at radius 2 is 1.64 bits per heavy atom. The van der Waals surface area contributed by atoms with Crippen LogP contribution < -0.4 is 0 Å². The molecule has 2 heteroatoms. The van der Waals surface area contributed by atoms with Crippen LogP contribution in [0.25, 0.3) is 0 Å². The highest BCUT2D eigenvalue weighted by Gasteiger charge is 2.40. The number of rotatable bonds is 4. The van der Waals surface area contributed by atoms with Crippen LogP contribution in [0.2, 0.25) is 0 Å². The van der Waals surface area contributed by atoms with Gasteiger partial charge in [0, 0.05) is 25.0 Å². The predicted molar refractivity (Wildman–Crippen MR) is 60.5 cm³/mol. The fourth-order valence-corrected chi connectivity index (χ4v) is 2.08. The lowest BCUT2D eigenvalue weighted by Crippen LogP contribution is -2.58. The van der Waals surface area contributed by atoms with Gasteiger partial charge in [0.2, 0.25) is 0 Å². The topological polar surface area (TPSA) is 12.5 Å². The molecule has 0 atom stereocenters. The van der Waals surface area contributed by atoms with Crippen molar-refractivity contribution >= 4 is 0 Å². The maximum absolute atomic E-state index is 5.94. The number of ether oxygens (including phenoxy) is 1. The van der Waals surface area contributed by atoms with Crippen LogP contribution in [0.3, 0.4) is 0 Å². The van der Waals surface area contributed by atoms with E-state index in [1.165, 1.54) is 13.1 Å². The van der Waals surface area contributed by atoms with Gasteiger partial charge in [-0.3, -0.25) is 0 Å². The minimum absolute atomic E-state index is 0.0412. The van der Waals surface area contributed by atoms with E-state index in [4.69, 9.17) is 4.74 Å². The quantitative estimate of drug-likeness (QED) is 0.690. The molecule has 0 aromatic heterocycles. The van der Waals surface area contributed by atoms with E-state index < -0.39 is 0 Å². The van der Waals surface area contributed by atoms with Gasteiger partial charge in [-0.05, 0) is 41.5 Å². The van der Waals surface area contributed by atoms with E-state index in [2.05, 4.69) is 46.4 Å². The van der Waals surface area contributed by atoms with Crippen molar-refractivity contribution in [1.29, 1.82) is 0 Å². The van der Waals surface area contributed by atoms with Gasteiger partial charge < -0.3 is 9.64 Å². The van der Waals surface area contributed by atoms with Gasteiger partial charge in [0.1, 0.15) is 0 Å². The molecule has 1 aliphatic rings. The number of hydrogen-bond acceptors (Lipinski definition) is 2. The van der Waals surface area contributed by atoms with Crippen molar-refractivity contribution in [3.63, 3.8) is 0 Å². The SMILES string of the molecule is CC(C)OC(C)(C)C1CN(C(C)C)C1. The first kappa shape index (κ1) is 12.0. The first-order valence-electron chi connectivity index (χ1n) is 5.75. The van der Waals surface area contributed by atoms with Gasteiger partial charge in [-0.1, -0.05) is 0 Å². The van der Waals surface area contributed by atoms with Gasteiger partial charge in [0.25, 0.3) is 0 Å². The molecule has 0 aromatic carbocycles. The molecule has 1 rings (SSSR count). The third kappa shape index (κ3) is 2.71. The molecular formula is C12H25NO. The molecule has 0 spiro atoms. The van der Waals surface area contributed by atoms with E-state index in [0.29, 0.717) is 18.1 Å². The number of likely N-dealkylation sites (tertiary alicyclic amines) is 1. The first-order valence-corrected chi connectivity index (χ1v) is 5.75. The summed E-state index contributed by atoms with van der Waals surface area (Å²) in [6, 6.07) is 0.682. The third-order valence-corrected chi connectivity index (χ3v) is 3.16. The minimum Gasteiger partial charge on any atom is -0.373 e. The van der Waals surface area contributed by atoms with Gasteiger partial charge >= 0.3 is 0 Å². The molecule has 1 fully saturated rings. The largest absolute Gasteiger partial charge is 0.373 e. The Balaban J connectivity index is 2.37. The van der Waals surface area contributed by atoms with Crippen LogP contribution in [0.4, 0.5) is 0 Å². The van der Waals surface area contributed by atoms with Crippen LogP contribution in [-0.2, 0) is 4.74 Å². The van der Waals surface area contributed by atoms with E-state index in [1.807, 2.05) is 0 Å². The van der Waals surface area contributed by atoms with Crippen molar-refractivity contribution in [3.05, 3.63) is 0 Å². The van der Waals surface area contributed by atoms with Crippen molar-refractivity contribution in [2.45, 2.75) is 59.3 Å². The molecule has 0 unspecified atom stereocenters. The summed E-state index contributed by atoms with van der Waals surface area (Å²) in [5, 5.41) is 0. The van der Waals surface area contributed by atoms with Gasteiger partial charge in [-0.2, -0.15) is 0 Å². The lowest BCUT2D eigenvalue weighted by Gasteiger charge is -2.49. The Morgan fingerprint density at radius 1 is 1.14 bits per heavy atom. The van der Waals surface area contributed by atoms with Gasteiger partial charge in [-0.25, -0.2) is 0 Å². The second-order valence-electron chi connectivity index (χ2n) is 5.51. The van der Waals surface area contributed by atoms with Crippen molar-refractivity contribution in [2.24, 2.45) is 5.92 Å². The van der Waals surface area contributed by atoms with Crippen molar-refractivity contribution < 1.29 is 4.74 Å². The smallest absolute Gasteiger partial charge is 0.0682 e. The highest BCUT2D eigenvalue weighted by molar-refractivity contribution is 4.93. The Labute approximate surface area is 88.6 Å². The molecule has 84 valence electrons. The minimum atomic E-state index is 0.0412. The van der Waals surface area contributed by atoms with Crippen molar-refractivity contribution in [2.75, 3.05) is 13.1 Å². The zero-order chi connectivity index (χ0) is 10.9.